The standard InChI is InChI=1S/C23H26ClN3O2S3/c1-30-19-3-2-4-20-22(19)25-23(32-20)27(11-10-26-12-14-29-15-13-26)21(28)9-16-31-18-7-5-17(24)6-8-18/h2-8H,9-16H2,1H3. The van der Waals surface area contributed by atoms with Crippen molar-refractivity contribution >= 4 is 67.7 Å². The Bertz CT molecular complexity index is 1040. The number of aromatic nitrogens is 1. The van der Waals surface area contributed by atoms with Gasteiger partial charge in [-0.15, -0.1) is 23.5 Å². The summed E-state index contributed by atoms with van der Waals surface area (Å²) in [6, 6.07) is 14.0. The smallest absolute Gasteiger partial charge is 0.229 e. The molecule has 2 heterocycles. The number of para-hydroxylation sites is 1. The lowest BCUT2D eigenvalue weighted by molar-refractivity contribution is -0.118. The fraction of sp³-hybridized carbons (Fsp3) is 0.391. The van der Waals surface area contributed by atoms with Crippen LogP contribution in [0.15, 0.2) is 52.3 Å². The molecule has 1 saturated heterocycles. The van der Waals surface area contributed by atoms with Crippen LogP contribution in [-0.2, 0) is 9.53 Å². The van der Waals surface area contributed by atoms with E-state index in [1.807, 2.05) is 29.2 Å². The van der Waals surface area contributed by atoms with Crippen molar-refractivity contribution in [1.29, 1.82) is 0 Å². The summed E-state index contributed by atoms with van der Waals surface area (Å²) in [5.41, 5.74) is 0.986. The zero-order chi connectivity index (χ0) is 22.3. The molecule has 0 unspecified atom stereocenters. The molecule has 5 nitrogen and oxygen atoms in total. The van der Waals surface area contributed by atoms with Gasteiger partial charge in [0.05, 0.1) is 23.4 Å². The number of fused-ring (bicyclic) bond motifs is 1. The van der Waals surface area contributed by atoms with Crippen molar-refractivity contribution in [1.82, 2.24) is 9.88 Å². The van der Waals surface area contributed by atoms with Crippen molar-refractivity contribution in [2.45, 2.75) is 16.2 Å². The number of thioether (sulfide) groups is 2. The van der Waals surface area contributed by atoms with Gasteiger partial charge in [0.25, 0.3) is 0 Å². The third-order valence-corrected chi connectivity index (χ3v) is 8.34. The number of rotatable bonds is 9. The summed E-state index contributed by atoms with van der Waals surface area (Å²) in [6.45, 7) is 4.78. The lowest BCUT2D eigenvalue weighted by Gasteiger charge is -2.29. The van der Waals surface area contributed by atoms with Crippen LogP contribution < -0.4 is 4.90 Å². The molecule has 1 aromatic heterocycles. The van der Waals surface area contributed by atoms with Crippen LogP contribution in [0.25, 0.3) is 10.2 Å². The van der Waals surface area contributed by atoms with E-state index in [1.54, 1.807) is 34.9 Å². The van der Waals surface area contributed by atoms with E-state index >= 15 is 0 Å². The predicted octanol–water partition coefficient (Wildman–Crippen LogP) is 5.52. The molecule has 0 aliphatic carbocycles. The van der Waals surface area contributed by atoms with E-state index in [0.717, 1.165) is 68.8 Å². The van der Waals surface area contributed by atoms with Gasteiger partial charge < -0.3 is 4.74 Å². The summed E-state index contributed by atoms with van der Waals surface area (Å²) in [7, 11) is 0. The summed E-state index contributed by atoms with van der Waals surface area (Å²) in [5, 5.41) is 1.51. The first-order valence-electron chi connectivity index (χ1n) is 10.6. The zero-order valence-electron chi connectivity index (χ0n) is 18.0. The maximum atomic E-state index is 13.3. The summed E-state index contributed by atoms with van der Waals surface area (Å²) in [4.78, 5) is 24.7. The first-order valence-corrected chi connectivity index (χ1v) is 14.0. The Morgan fingerprint density at radius 1 is 1.22 bits per heavy atom. The Morgan fingerprint density at radius 2 is 2.00 bits per heavy atom. The minimum Gasteiger partial charge on any atom is -0.379 e. The van der Waals surface area contributed by atoms with Crippen LogP contribution in [0, 0.1) is 0 Å². The Balaban J connectivity index is 1.47. The average Bonchev–Trinajstić information content (AvgIpc) is 3.25. The van der Waals surface area contributed by atoms with Crippen LogP contribution in [0.3, 0.4) is 0 Å². The van der Waals surface area contributed by atoms with Crippen LogP contribution >= 0.6 is 46.5 Å². The maximum Gasteiger partial charge on any atom is 0.229 e. The third kappa shape index (κ3) is 6.18. The molecule has 2 aromatic carbocycles. The van der Waals surface area contributed by atoms with Gasteiger partial charge in [-0.25, -0.2) is 4.98 Å². The molecule has 1 fully saturated rings. The maximum absolute atomic E-state index is 13.3. The lowest BCUT2D eigenvalue weighted by Crippen LogP contribution is -2.43. The van der Waals surface area contributed by atoms with E-state index in [4.69, 9.17) is 21.3 Å². The van der Waals surface area contributed by atoms with Gasteiger partial charge in [-0.2, -0.15) is 0 Å². The summed E-state index contributed by atoms with van der Waals surface area (Å²) >= 11 is 10.9. The molecule has 1 amide bonds. The number of carbonyl (C=O) groups is 1. The Kier molecular flexibility index (Phi) is 8.74. The normalized spacial score (nSPS) is 14.7. The first-order chi connectivity index (χ1) is 15.6. The second-order valence-electron chi connectivity index (χ2n) is 7.36. The van der Waals surface area contributed by atoms with Gasteiger partial charge in [-0.1, -0.05) is 29.0 Å². The van der Waals surface area contributed by atoms with Crippen LogP contribution in [0.4, 0.5) is 5.13 Å². The van der Waals surface area contributed by atoms with E-state index in [9.17, 15) is 4.79 Å². The molecule has 1 aliphatic rings. The summed E-state index contributed by atoms with van der Waals surface area (Å²) < 4.78 is 6.58. The number of amides is 1. The zero-order valence-corrected chi connectivity index (χ0v) is 21.2. The number of nitrogens with zero attached hydrogens (tertiary/aromatic N) is 3. The number of morpholine rings is 1. The number of halogens is 1. The number of carbonyl (C=O) groups excluding carboxylic acids is 1. The molecule has 0 saturated carbocycles. The first kappa shape index (κ1) is 23.9. The van der Waals surface area contributed by atoms with Gasteiger partial charge in [-0.05, 0) is 42.7 Å². The van der Waals surface area contributed by atoms with Crippen molar-refractivity contribution < 1.29 is 9.53 Å². The lowest BCUT2D eigenvalue weighted by atomic mass is 10.3. The Morgan fingerprint density at radius 3 is 2.75 bits per heavy atom. The van der Waals surface area contributed by atoms with Gasteiger partial charge >= 0.3 is 0 Å². The fourth-order valence-electron chi connectivity index (χ4n) is 3.51. The number of thiazole rings is 1. The largest absolute Gasteiger partial charge is 0.379 e. The molecular formula is C23H26ClN3O2S3. The minimum atomic E-state index is 0.115. The third-order valence-electron chi connectivity index (χ3n) is 5.26. The Hall–Kier alpha value is -1.29. The molecule has 0 N–H and O–H groups in total. The number of anilines is 1. The highest BCUT2D eigenvalue weighted by Crippen LogP contribution is 2.34. The number of ether oxygens (including phenoxy) is 1. The second-order valence-corrected chi connectivity index (χ2v) is 10.8. The van der Waals surface area contributed by atoms with E-state index in [-0.39, 0.29) is 5.91 Å². The molecule has 0 spiro atoms. The molecular weight excluding hydrogens is 482 g/mol. The number of hydrogen-bond donors (Lipinski definition) is 0. The predicted molar refractivity (Wildman–Crippen MR) is 138 cm³/mol. The second kappa shape index (κ2) is 11.7. The minimum absolute atomic E-state index is 0.115. The fourth-order valence-corrected chi connectivity index (χ4v) is 6.14. The SMILES string of the molecule is CSc1cccc2sc(N(CCN3CCOCC3)C(=O)CCSc3ccc(Cl)cc3)nc12. The average molecular weight is 508 g/mol. The van der Waals surface area contributed by atoms with Crippen LogP contribution in [0.5, 0.6) is 0 Å². The van der Waals surface area contributed by atoms with Crippen molar-refractivity contribution in [3.63, 3.8) is 0 Å². The summed E-state index contributed by atoms with van der Waals surface area (Å²) in [6.07, 6.45) is 2.52. The van der Waals surface area contributed by atoms with E-state index in [1.165, 1.54) is 0 Å². The highest BCUT2D eigenvalue weighted by Gasteiger charge is 2.22. The topological polar surface area (TPSA) is 45.7 Å². The molecule has 0 atom stereocenters. The highest BCUT2D eigenvalue weighted by molar-refractivity contribution is 7.99. The van der Waals surface area contributed by atoms with Crippen LogP contribution in [0.1, 0.15) is 6.42 Å². The van der Waals surface area contributed by atoms with Gasteiger partial charge in [0.2, 0.25) is 5.91 Å². The van der Waals surface area contributed by atoms with Gasteiger partial charge in [0.1, 0.15) is 0 Å². The van der Waals surface area contributed by atoms with Crippen molar-refractivity contribution in [3.05, 3.63) is 47.5 Å². The molecule has 1 aliphatic heterocycles. The van der Waals surface area contributed by atoms with Crippen molar-refractivity contribution in [2.75, 3.05) is 56.3 Å². The molecule has 3 aromatic rings. The van der Waals surface area contributed by atoms with Crippen LogP contribution in [-0.4, -0.2) is 67.2 Å². The quantitative estimate of drug-likeness (QED) is 0.355. The van der Waals surface area contributed by atoms with E-state index < -0.39 is 0 Å². The molecule has 9 heteroatoms. The molecule has 4 rings (SSSR count). The molecule has 170 valence electrons. The monoisotopic (exact) mass is 507 g/mol. The van der Waals surface area contributed by atoms with Gasteiger partial charge in [0.15, 0.2) is 5.13 Å². The van der Waals surface area contributed by atoms with Gasteiger partial charge in [0, 0.05) is 53.2 Å². The highest BCUT2D eigenvalue weighted by atomic mass is 35.5. The van der Waals surface area contributed by atoms with Gasteiger partial charge in [-0.3, -0.25) is 14.6 Å². The molecule has 0 bridgehead atoms. The van der Waals surface area contributed by atoms with E-state index in [0.29, 0.717) is 13.0 Å². The molecule has 0 radical (unpaired) electrons. The number of benzene rings is 2. The van der Waals surface area contributed by atoms with Crippen molar-refractivity contribution in [3.8, 4) is 0 Å². The van der Waals surface area contributed by atoms with E-state index in [2.05, 4.69) is 29.4 Å². The number of hydrogen-bond acceptors (Lipinski definition) is 7. The molecule has 32 heavy (non-hydrogen) atoms. The summed E-state index contributed by atoms with van der Waals surface area (Å²) in [5.74, 6) is 0.833. The van der Waals surface area contributed by atoms with Crippen LogP contribution in [0.2, 0.25) is 5.02 Å². The van der Waals surface area contributed by atoms with Crippen molar-refractivity contribution in [2.24, 2.45) is 0 Å². The Labute approximate surface area is 206 Å².